The van der Waals surface area contributed by atoms with Gasteiger partial charge in [0.1, 0.15) is 11.4 Å². The van der Waals surface area contributed by atoms with E-state index in [1.807, 2.05) is 0 Å². The van der Waals surface area contributed by atoms with Gasteiger partial charge < -0.3 is 19.9 Å². The number of aromatic nitrogens is 4. The molecule has 12 heteroatoms. The third-order valence-electron chi connectivity index (χ3n) is 4.72. The number of halogens is 3. The molecule has 1 aliphatic heterocycles. The van der Waals surface area contributed by atoms with Gasteiger partial charge in [0.25, 0.3) is 11.1 Å². The number of nitrogens with zero attached hydrogens (tertiary/aromatic N) is 4. The largest absolute Gasteiger partial charge is 0.573 e. The summed E-state index contributed by atoms with van der Waals surface area (Å²) in [5.74, 6) is -0.113. The number of anilines is 2. The molecule has 4 rings (SSSR count). The minimum Gasteiger partial charge on any atom is -0.406 e. The molecule has 3 aromatic rings. The van der Waals surface area contributed by atoms with Crippen LogP contribution >= 0.6 is 0 Å². The highest BCUT2D eigenvalue weighted by Gasteiger charge is 2.31. The number of ether oxygens (including phenoxy) is 1. The van der Waals surface area contributed by atoms with E-state index in [0.717, 1.165) is 16.8 Å². The van der Waals surface area contributed by atoms with Crippen LogP contribution in [0, 0.1) is 0 Å². The normalized spacial score (nSPS) is 13.5. The van der Waals surface area contributed by atoms with E-state index in [2.05, 4.69) is 25.5 Å². The number of benzene rings is 1. The first-order valence-electron chi connectivity index (χ1n) is 9.22. The Kier molecular flexibility index (Phi) is 5.23. The van der Waals surface area contributed by atoms with E-state index in [9.17, 15) is 22.8 Å². The predicted molar refractivity (Wildman–Crippen MR) is 105 cm³/mol. The third kappa shape index (κ3) is 4.28. The summed E-state index contributed by atoms with van der Waals surface area (Å²) in [7, 11) is 1.55. The molecule has 31 heavy (non-hydrogen) atoms. The molecule has 0 amide bonds. The molecule has 1 aromatic carbocycles. The van der Waals surface area contributed by atoms with Gasteiger partial charge in [0.2, 0.25) is 0 Å². The predicted octanol–water partition coefficient (Wildman–Crippen LogP) is 1.61. The number of aryl methyl sites for hydroxylation is 1. The van der Waals surface area contributed by atoms with Crippen LogP contribution in [0.2, 0.25) is 0 Å². The number of rotatable bonds is 4. The van der Waals surface area contributed by atoms with Gasteiger partial charge in [0.15, 0.2) is 5.82 Å². The molecule has 2 aromatic heterocycles. The summed E-state index contributed by atoms with van der Waals surface area (Å²) in [6.07, 6.45) is -1.58. The minimum atomic E-state index is -4.82. The van der Waals surface area contributed by atoms with E-state index < -0.39 is 17.7 Å². The highest BCUT2D eigenvalue weighted by Crippen LogP contribution is 2.25. The molecule has 3 heterocycles. The van der Waals surface area contributed by atoms with E-state index in [4.69, 9.17) is 0 Å². The van der Waals surface area contributed by atoms with Gasteiger partial charge in [0, 0.05) is 24.7 Å². The second-order valence-electron chi connectivity index (χ2n) is 6.84. The SMILES string of the molecule is Cn1cncc(Nc2nn(-c3ccc(OC(F)(F)F)cc3)c(=O)c3c2CCNC3)c1=O. The average molecular weight is 434 g/mol. The molecule has 0 aliphatic carbocycles. The molecule has 0 saturated carbocycles. The van der Waals surface area contributed by atoms with Crippen LogP contribution in [0.15, 0.2) is 46.4 Å². The van der Waals surface area contributed by atoms with Crippen molar-refractivity contribution in [3.63, 3.8) is 0 Å². The monoisotopic (exact) mass is 434 g/mol. The maximum absolute atomic E-state index is 13.0. The van der Waals surface area contributed by atoms with Crippen LogP contribution < -0.4 is 26.5 Å². The molecule has 0 atom stereocenters. The fraction of sp³-hybridized carbons (Fsp3) is 0.263. The van der Waals surface area contributed by atoms with Crippen molar-refractivity contribution < 1.29 is 17.9 Å². The topological polar surface area (TPSA) is 103 Å². The first-order chi connectivity index (χ1) is 14.7. The fourth-order valence-corrected chi connectivity index (χ4v) is 3.27. The molecule has 0 bridgehead atoms. The van der Waals surface area contributed by atoms with Crippen LogP contribution in [0.1, 0.15) is 11.1 Å². The van der Waals surface area contributed by atoms with Gasteiger partial charge in [0.05, 0.1) is 18.2 Å². The molecule has 1 aliphatic rings. The minimum absolute atomic E-state index is 0.178. The Morgan fingerprint density at radius 1 is 1.13 bits per heavy atom. The lowest BCUT2D eigenvalue weighted by molar-refractivity contribution is -0.274. The number of fused-ring (bicyclic) bond motifs is 1. The van der Waals surface area contributed by atoms with E-state index >= 15 is 0 Å². The lowest BCUT2D eigenvalue weighted by Gasteiger charge is -2.21. The smallest absolute Gasteiger partial charge is 0.406 e. The second kappa shape index (κ2) is 7.87. The van der Waals surface area contributed by atoms with Crippen molar-refractivity contribution in [3.8, 4) is 11.4 Å². The lowest BCUT2D eigenvalue weighted by atomic mass is 10.0. The Morgan fingerprint density at radius 2 is 1.87 bits per heavy atom. The summed E-state index contributed by atoms with van der Waals surface area (Å²) in [6, 6.07) is 4.78. The lowest BCUT2D eigenvalue weighted by Crippen LogP contribution is -2.36. The van der Waals surface area contributed by atoms with Gasteiger partial charge in [-0.1, -0.05) is 0 Å². The summed E-state index contributed by atoms with van der Waals surface area (Å²) < 4.78 is 43.4. The summed E-state index contributed by atoms with van der Waals surface area (Å²) in [5.41, 5.74) is 0.817. The van der Waals surface area contributed by atoms with E-state index in [0.29, 0.717) is 36.5 Å². The van der Waals surface area contributed by atoms with Crippen LogP contribution in [-0.2, 0) is 20.0 Å². The van der Waals surface area contributed by atoms with Gasteiger partial charge >= 0.3 is 6.36 Å². The Labute approximate surface area is 173 Å². The Morgan fingerprint density at radius 3 is 2.58 bits per heavy atom. The molecule has 162 valence electrons. The first kappa shape index (κ1) is 20.6. The highest BCUT2D eigenvalue weighted by atomic mass is 19.4. The molecule has 0 radical (unpaired) electrons. The summed E-state index contributed by atoms with van der Waals surface area (Å²) in [6.45, 7) is 0.924. The second-order valence-corrected chi connectivity index (χ2v) is 6.84. The van der Waals surface area contributed by atoms with Gasteiger partial charge in [-0.3, -0.25) is 9.59 Å². The van der Waals surface area contributed by atoms with Gasteiger partial charge in [-0.05, 0) is 37.2 Å². The van der Waals surface area contributed by atoms with Crippen LogP contribution in [0.3, 0.4) is 0 Å². The maximum Gasteiger partial charge on any atom is 0.573 e. The van der Waals surface area contributed by atoms with E-state index in [1.165, 1.54) is 29.2 Å². The zero-order valence-electron chi connectivity index (χ0n) is 16.2. The van der Waals surface area contributed by atoms with Crippen molar-refractivity contribution in [2.75, 3.05) is 11.9 Å². The van der Waals surface area contributed by atoms with E-state index in [1.54, 1.807) is 7.05 Å². The van der Waals surface area contributed by atoms with Crippen molar-refractivity contribution in [3.05, 3.63) is 68.6 Å². The quantitative estimate of drug-likeness (QED) is 0.643. The highest BCUT2D eigenvalue weighted by molar-refractivity contribution is 5.59. The molecule has 2 N–H and O–H groups in total. The molecule has 9 nitrogen and oxygen atoms in total. The molecule has 0 fully saturated rings. The average Bonchev–Trinajstić information content (AvgIpc) is 2.73. The summed E-state index contributed by atoms with van der Waals surface area (Å²) in [4.78, 5) is 29.3. The van der Waals surface area contributed by atoms with Crippen molar-refractivity contribution >= 4 is 11.5 Å². The van der Waals surface area contributed by atoms with Crippen molar-refractivity contribution in [2.45, 2.75) is 19.3 Å². The number of nitrogens with one attached hydrogen (secondary N) is 2. The van der Waals surface area contributed by atoms with Crippen LogP contribution in [0.5, 0.6) is 5.75 Å². The van der Waals surface area contributed by atoms with Gasteiger partial charge in [-0.25, -0.2) is 4.98 Å². The van der Waals surface area contributed by atoms with Crippen molar-refractivity contribution in [1.82, 2.24) is 24.6 Å². The number of hydrogen-bond acceptors (Lipinski definition) is 7. The van der Waals surface area contributed by atoms with Crippen molar-refractivity contribution in [2.24, 2.45) is 7.05 Å². The van der Waals surface area contributed by atoms with E-state index in [-0.39, 0.29) is 16.9 Å². The summed E-state index contributed by atoms with van der Waals surface area (Å²) >= 11 is 0. The molecular weight excluding hydrogens is 417 g/mol. The molecule has 0 saturated heterocycles. The molecule has 0 spiro atoms. The fourth-order valence-electron chi connectivity index (χ4n) is 3.27. The molecular formula is C19H17F3N6O3. The number of hydrogen-bond donors (Lipinski definition) is 2. The third-order valence-corrected chi connectivity index (χ3v) is 4.72. The standard InChI is InChI=1S/C19H17F3N6O3/c1-27-10-24-9-15(18(27)30)25-16-13-6-7-23-8-14(13)17(29)28(26-16)11-2-4-12(5-3-11)31-19(20,21)22/h2-5,9-10,23H,6-8H2,1H3,(H,25,26). The zero-order valence-corrected chi connectivity index (χ0v) is 16.2. The first-order valence-corrected chi connectivity index (χ1v) is 9.22. The Hall–Kier alpha value is -3.67. The van der Waals surface area contributed by atoms with Crippen LogP contribution in [-0.4, -0.2) is 32.2 Å². The van der Waals surface area contributed by atoms with Gasteiger partial charge in [-0.15, -0.1) is 18.3 Å². The van der Waals surface area contributed by atoms with Crippen LogP contribution in [0.4, 0.5) is 24.7 Å². The van der Waals surface area contributed by atoms with Crippen LogP contribution in [0.25, 0.3) is 5.69 Å². The maximum atomic E-state index is 13.0. The Bertz CT molecular complexity index is 1230. The Balaban J connectivity index is 1.79. The number of alkyl halides is 3. The molecule has 0 unspecified atom stereocenters. The van der Waals surface area contributed by atoms with Gasteiger partial charge in [-0.2, -0.15) is 4.68 Å². The zero-order chi connectivity index (χ0) is 22.2. The summed E-state index contributed by atoms with van der Waals surface area (Å²) in [5, 5.41) is 10.4. The van der Waals surface area contributed by atoms with Crippen molar-refractivity contribution in [1.29, 1.82) is 0 Å².